The standard InChI is InChI=1S/C30H28N6O2/c31-28-27-25(20-9-15-24(16-10-20)38-23-6-2-1-3-7-23)18-36(29(27)34-19-33-28)22-13-11-21(12-14-22)35-30(37)26-8-4-5-17-32-26/h1-10,15-19,21-22H,11-14H2,(H,35,37)(H2,31,33,34)/t21-,22-. The van der Waals surface area contributed by atoms with Crippen molar-refractivity contribution in [2.45, 2.75) is 37.8 Å². The zero-order valence-electron chi connectivity index (χ0n) is 20.8. The van der Waals surface area contributed by atoms with Gasteiger partial charge in [0, 0.05) is 30.0 Å². The molecule has 3 heterocycles. The Balaban J connectivity index is 1.21. The monoisotopic (exact) mass is 504 g/mol. The lowest BCUT2D eigenvalue weighted by molar-refractivity contribution is 0.0917. The van der Waals surface area contributed by atoms with Gasteiger partial charge < -0.3 is 20.4 Å². The van der Waals surface area contributed by atoms with Crippen LogP contribution in [0.4, 0.5) is 5.82 Å². The first-order valence-electron chi connectivity index (χ1n) is 12.8. The predicted octanol–water partition coefficient (Wildman–Crippen LogP) is 5.78. The molecule has 0 radical (unpaired) electrons. The van der Waals surface area contributed by atoms with Gasteiger partial charge in [-0.1, -0.05) is 36.4 Å². The van der Waals surface area contributed by atoms with Crippen LogP contribution in [0.15, 0.2) is 91.5 Å². The molecule has 1 aliphatic carbocycles. The van der Waals surface area contributed by atoms with E-state index in [1.54, 1.807) is 18.3 Å². The summed E-state index contributed by atoms with van der Waals surface area (Å²) in [6.45, 7) is 0. The van der Waals surface area contributed by atoms with Crippen LogP contribution < -0.4 is 15.8 Å². The van der Waals surface area contributed by atoms with Crippen molar-refractivity contribution in [2.75, 3.05) is 5.73 Å². The Hall–Kier alpha value is -4.72. The van der Waals surface area contributed by atoms with Crippen molar-refractivity contribution in [2.24, 2.45) is 0 Å². The minimum Gasteiger partial charge on any atom is -0.457 e. The van der Waals surface area contributed by atoms with Crippen molar-refractivity contribution in [3.63, 3.8) is 0 Å². The summed E-state index contributed by atoms with van der Waals surface area (Å²) in [6.07, 6.45) is 8.90. The zero-order chi connectivity index (χ0) is 25.9. The van der Waals surface area contributed by atoms with Gasteiger partial charge in [0.05, 0.1) is 5.39 Å². The van der Waals surface area contributed by atoms with Gasteiger partial charge in [-0.05, 0) is 67.6 Å². The third-order valence-corrected chi connectivity index (χ3v) is 7.11. The highest BCUT2D eigenvalue weighted by molar-refractivity contribution is 6.00. The molecule has 1 saturated carbocycles. The molecular formula is C30H28N6O2. The molecule has 1 amide bonds. The lowest BCUT2D eigenvalue weighted by atomic mass is 9.91. The van der Waals surface area contributed by atoms with Crippen LogP contribution in [-0.2, 0) is 0 Å². The van der Waals surface area contributed by atoms with Gasteiger partial charge >= 0.3 is 0 Å². The Morgan fingerprint density at radius 1 is 0.868 bits per heavy atom. The summed E-state index contributed by atoms with van der Waals surface area (Å²) in [4.78, 5) is 25.6. The van der Waals surface area contributed by atoms with E-state index < -0.39 is 0 Å². The molecule has 0 unspecified atom stereocenters. The highest BCUT2D eigenvalue weighted by Gasteiger charge is 2.27. The summed E-state index contributed by atoms with van der Waals surface area (Å²) in [5, 5.41) is 4.00. The van der Waals surface area contributed by atoms with Gasteiger partial charge in [-0.15, -0.1) is 0 Å². The molecule has 2 aromatic carbocycles. The molecule has 38 heavy (non-hydrogen) atoms. The Labute approximate surface area is 220 Å². The Kier molecular flexibility index (Phi) is 6.44. The van der Waals surface area contributed by atoms with Crippen molar-refractivity contribution in [1.29, 1.82) is 0 Å². The number of carbonyl (C=O) groups excluding carboxylic acids is 1. The molecule has 0 aliphatic heterocycles. The van der Waals surface area contributed by atoms with Crippen molar-refractivity contribution >= 4 is 22.8 Å². The van der Waals surface area contributed by atoms with Gasteiger partial charge in [-0.3, -0.25) is 9.78 Å². The van der Waals surface area contributed by atoms with Gasteiger partial charge in [-0.2, -0.15) is 0 Å². The molecule has 0 atom stereocenters. The van der Waals surface area contributed by atoms with E-state index >= 15 is 0 Å². The summed E-state index contributed by atoms with van der Waals surface area (Å²) in [6, 6.07) is 23.4. The highest BCUT2D eigenvalue weighted by Crippen LogP contribution is 2.38. The largest absolute Gasteiger partial charge is 0.457 e. The first-order valence-corrected chi connectivity index (χ1v) is 12.8. The van der Waals surface area contributed by atoms with Gasteiger partial charge in [-0.25, -0.2) is 9.97 Å². The van der Waals surface area contributed by atoms with Crippen LogP contribution in [0, 0.1) is 0 Å². The first kappa shape index (κ1) is 23.7. The van der Waals surface area contributed by atoms with Crippen molar-refractivity contribution in [3.8, 4) is 22.6 Å². The Morgan fingerprint density at radius 3 is 2.34 bits per heavy atom. The molecule has 3 N–H and O–H groups in total. The zero-order valence-corrected chi connectivity index (χ0v) is 20.8. The van der Waals surface area contributed by atoms with Crippen molar-refractivity contribution in [1.82, 2.24) is 24.8 Å². The number of fused-ring (bicyclic) bond motifs is 1. The maximum absolute atomic E-state index is 12.5. The molecule has 3 aromatic heterocycles. The van der Waals surface area contributed by atoms with E-state index in [0.29, 0.717) is 11.5 Å². The van der Waals surface area contributed by atoms with Crippen LogP contribution in [-0.4, -0.2) is 31.5 Å². The number of carbonyl (C=O) groups is 1. The van der Waals surface area contributed by atoms with E-state index in [0.717, 1.165) is 59.3 Å². The van der Waals surface area contributed by atoms with E-state index in [2.05, 4.69) is 31.0 Å². The lowest BCUT2D eigenvalue weighted by Gasteiger charge is -2.30. The van der Waals surface area contributed by atoms with Crippen molar-refractivity contribution < 1.29 is 9.53 Å². The smallest absolute Gasteiger partial charge is 0.270 e. The number of benzene rings is 2. The van der Waals surface area contributed by atoms with Crippen LogP contribution in [0.2, 0.25) is 0 Å². The van der Waals surface area contributed by atoms with Crippen LogP contribution in [0.5, 0.6) is 11.5 Å². The average Bonchev–Trinajstić information content (AvgIpc) is 3.36. The molecule has 5 aromatic rings. The Bertz CT molecular complexity index is 1540. The van der Waals surface area contributed by atoms with Crippen LogP contribution >= 0.6 is 0 Å². The maximum Gasteiger partial charge on any atom is 0.270 e. The number of nitrogen functional groups attached to an aromatic ring is 1. The van der Waals surface area contributed by atoms with Crippen LogP contribution in [0.3, 0.4) is 0 Å². The number of rotatable bonds is 6. The number of nitrogens with zero attached hydrogens (tertiary/aromatic N) is 4. The number of hydrogen-bond donors (Lipinski definition) is 2. The molecule has 8 nitrogen and oxygen atoms in total. The number of amides is 1. The maximum atomic E-state index is 12.5. The third-order valence-electron chi connectivity index (χ3n) is 7.11. The topological polar surface area (TPSA) is 108 Å². The fraction of sp³-hybridized carbons (Fsp3) is 0.200. The summed E-state index contributed by atoms with van der Waals surface area (Å²) in [5.41, 5.74) is 9.65. The normalized spacial score (nSPS) is 17.3. The first-order chi connectivity index (χ1) is 18.7. The molecule has 8 heteroatoms. The molecule has 1 aliphatic rings. The molecule has 1 fully saturated rings. The number of para-hydroxylation sites is 1. The van der Waals surface area contributed by atoms with E-state index in [9.17, 15) is 4.79 Å². The van der Waals surface area contributed by atoms with Gasteiger partial charge in [0.1, 0.15) is 35.0 Å². The second-order valence-corrected chi connectivity index (χ2v) is 9.54. The summed E-state index contributed by atoms with van der Waals surface area (Å²) >= 11 is 0. The van der Waals surface area contributed by atoms with E-state index in [1.165, 1.54) is 6.33 Å². The number of nitrogens with one attached hydrogen (secondary N) is 1. The minimum atomic E-state index is -0.122. The van der Waals surface area contributed by atoms with Gasteiger partial charge in [0.25, 0.3) is 5.91 Å². The number of ether oxygens (including phenoxy) is 1. The summed E-state index contributed by atoms with van der Waals surface area (Å²) in [5.74, 6) is 1.90. The molecule has 6 rings (SSSR count). The SMILES string of the molecule is Nc1ncnc2c1c(-c1ccc(Oc3ccccc3)cc1)cn2[C@H]1CC[C@H](NC(=O)c2ccccn2)CC1. The van der Waals surface area contributed by atoms with Gasteiger partial charge in [0.15, 0.2) is 0 Å². The molecule has 190 valence electrons. The van der Waals surface area contributed by atoms with Gasteiger partial charge in [0.2, 0.25) is 0 Å². The third kappa shape index (κ3) is 4.80. The Morgan fingerprint density at radius 2 is 1.61 bits per heavy atom. The van der Waals surface area contributed by atoms with Crippen molar-refractivity contribution in [3.05, 3.63) is 97.2 Å². The fourth-order valence-corrected chi connectivity index (χ4v) is 5.19. The van der Waals surface area contributed by atoms with E-state index in [1.807, 2.05) is 60.7 Å². The van der Waals surface area contributed by atoms with Crippen LogP contribution in [0.25, 0.3) is 22.2 Å². The molecule has 0 spiro atoms. The number of aromatic nitrogens is 4. The van der Waals surface area contributed by atoms with E-state index in [-0.39, 0.29) is 18.0 Å². The highest BCUT2D eigenvalue weighted by atomic mass is 16.5. The lowest BCUT2D eigenvalue weighted by Crippen LogP contribution is -2.38. The quantitative estimate of drug-likeness (QED) is 0.303. The molecular weight excluding hydrogens is 476 g/mol. The predicted molar refractivity (Wildman–Crippen MR) is 147 cm³/mol. The fourth-order valence-electron chi connectivity index (χ4n) is 5.19. The number of nitrogens with two attached hydrogens (primary N) is 1. The molecule has 0 bridgehead atoms. The molecule has 0 saturated heterocycles. The second-order valence-electron chi connectivity index (χ2n) is 9.54. The summed E-state index contributed by atoms with van der Waals surface area (Å²) in [7, 11) is 0. The minimum absolute atomic E-state index is 0.122. The number of anilines is 1. The van der Waals surface area contributed by atoms with Crippen LogP contribution in [0.1, 0.15) is 42.2 Å². The number of hydrogen-bond acceptors (Lipinski definition) is 6. The second kappa shape index (κ2) is 10.3. The average molecular weight is 505 g/mol. The van der Waals surface area contributed by atoms with E-state index in [4.69, 9.17) is 10.5 Å². The number of pyridine rings is 1. The summed E-state index contributed by atoms with van der Waals surface area (Å²) < 4.78 is 8.19.